The lowest BCUT2D eigenvalue weighted by Gasteiger charge is -2.06. The molecule has 0 saturated carbocycles. The Morgan fingerprint density at radius 3 is 2.50 bits per heavy atom. The summed E-state index contributed by atoms with van der Waals surface area (Å²) in [4.78, 5) is 22.3. The second-order valence-electron chi connectivity index (χ2n) is 3.11. The lowest BCUT2D eigenvalue weighted by molar-refractivity contribution is -0.139. The maximum Gasteiger partial charge on any atom is 0.318 e. The third-order valence-corrected chi connectivity index (χ3v) is 2.84. The third-order valence-electron chi connectivity index (χ3n) is 1.83. The van der Waals surface area contributed by atoms with Gasteiger partial charge >= 0.3 is 5.97 Å². The molecule has 1 unspecified atom stereocenters. The van der Waals surface area contributed by atoms with E-state index in [1.165, 1.54) is 7.11 Å². The van der Waals surface area contributed by atoms with E-state index in [4.69, 9.17) is 0 Å². The third kappa shape index (κ3) is 6.02. The van der Waals surface area contributed by atoms with E-state index >= 15 is 0 Å². The Hall–Kier alpha value is -0.510. The second kappa shape index (κ2) is 7.85. The van der Waals surface area contributed by atoms with Crippen LogP contribution in [0.5, 0.6) is 0 Å². The van der Waals surface area contributed by atoms with Gasteiger partial charge in [-0.25, -0.2) is 0 Å². The van der Waals surface area contributed by atoms with Gasteiger partial charge in [0.2, 0.25) is 0 Å². The second-order valence-corrected chi connectivity index (χ2v) is 4.51. The number of hydrogen-bond donors (Lipinski definition) is 0. The Balaban J connectivity index is 3.65. The smallest absolute Gasteiger partial charge is 0.318 e. The number of hydrogen-bond acceptors (Lipinski definition) is 4. The summed E-state index contributed by atoms with van der Waals surface area (Å²) < 4.78 is 4.53. The monoisotopic (exact) mass is 218 g/mol. The molecule has 0 aliphatic rings. The molecule has 0 aromatic carbocycles. The molecule has 0 aromatic heterocycles. The molecule has 0 saturated heterocycles. The molecule has 0 aliphatic carbocycles. The van der Waals surface area contributed by atoms with E-state index in [1.54, 1.807) is 6.92 Å². The summed E-state index contributed by atoms with van der Waals surface area (Å²) in [5, 5.41) is -0.300. The highest BCUT2D eigenvalue weighted by Crippen LogP contribution is 2.16. The predicted octanol–water partition coefficient (Wildman–Crippen LogP) is 2.39. The van der Waals surface area contributed by atoms with Crippen LogP contribution in [0.15, 0.2) is 0 Å². The van der Waals surface area contributed by atoms with Gasteiger partial charge in [0.1, 0.15) is 5.25 Å². The SMILES string of the molecule is CCCCCC(=O)SC(C)C(=O)OC. The number of ether oxygens (including phenoxy) is 1. The van der Waals surface area contributed by atoms with Crippen molar-refractivity contribution in [3.8, 4) is 0 Å². The fraction of sp³-hybridized carbons (Fsp3) is 0.800. The zero-order valence-electron chi connectivity index (χ0n) is 9.04. The first-order chi connectivity index (χ1) is 6.61. The number of esters is 1. The molecule has 0 heterocycles. The normalized spacial score (nSPS) is 12.2. The maximum absolute atomic E-state index is 11.3. The molecule has 0 aliphatic heterocycles. The zero-order valence-corrected chi connectivity index (χ0v) is 9.86. The number of carbonyl (C=O) groups is 2. The van der Waals surface area contributed by atoms with Crippen molar-refractivity contribution in [3.05, 3.63) is 0 Å². The first kappa shape index (κ1) is 13.5. The van der Waals surface area contributed by atoms with Crippen LogP contribution in [0.4, 0.5) is 0 Å². The fourth-order valence-corrected chi connectivity index (χ4v) is 1.84. The Kier molecular flexibility index (Phi) is 7.57. The minimum Gasteiger partial charge on any atom is -0.468 e. The molecular weight excluding hydrogens is 200 g/mol. The molecule has 0 radical (unpaired) electrons. The average Bonchev–Trinajstić information content (AvgIpc) is 2.16. The summed E-state index contributed by atoms with van der Waals surface area (Å²) >= 11 is 1.07. The largest absolute Gasteiger partial charge is 0.468 e. The van der Waals surface area contributed by atoms with Crippen LogP contribution in [0.3, 0.4) is 0 Å². The number of carbonyl (C=O) groups excluding carboxylic acids is 2. The Bertz CT molecular complexity index is 192. The molecule has 0 spiro atoms. The van der Waals surface area contributed by atoms with E-state index in [2.05, 4.69) is 11.7 Å². The Morgan fingerprint density at radius 2 is 2.00 bits per heavy atom. The van der Waals surface area contributed by atoms with Crippen molar-refractivity contribution in [2.75, 3.05) is 7.11 Å². The highest BCUT2D eigenvalue weighted by atomic mass is 32.2. The van der Waals surface area contributed by atoms with Gasteiger partial charge in [-0.3, -0.25) is 9.59 Å². The Morgan fingerprint density at radius 1 is 1.36 bits per heavy atom. The molecule has 0 aromatic rings. The molecule has 4 heteroatoms. The van der Waals surface area contributed by atoms with Gasteiger partial charge in [-0.15, -0.1) is 0 Å². The summed E-state index contributed by atoms with van der Waals surface area (Å²) in [7, 11) is 1.33. The van der Waals surface area contributed by atoms with Crippen LogP contribution in [0.25, 0.3) is 0 Å². The van der Waals surface area contributed by atoms with Gasteiger partial charge in [0.25, 0.3) is 0 Å². The van der Waals surface area contributed by atoms with Gasteiger partial charge in [0.15, 0.2) is 5.12 Å². The fourth-order valence-electron chi connectivity index (χ4n) is 0.990. The molecule has 14 heavy (non-hydrogen) atoms. The van der Waals surface area contributed by atoms with E-state index in [-0.39, 0.29) is 16.3 Å². The van der Waals surface area contributed by atoms with E-state index in [9.17, 15) is 9.59 Å². The average molecular weight is 218 g/mol. The van der Waals surface area contributed by atoms with Crippen molar-refractivity contribution in [3.63, 3.8) is 0 Å². The Labute approximate surface area is 89.6 Å². The molecule has 82 valence electrons. The highest BCUT2D eigenvalue weighted by molar-refractivity contribution is 8.14. The predicted molar refractivity (Wildman–Crippen MR) is 58.2 cm³/mol. The first-order valence-corrected chi connectivity index (χ1v) is 5.77. The summed E-state index contributed by atoms with van der Waals surface area (Å²) in [5.41, 5.74) is 0. The molecule has 1 atom stereocenters. The van der Waals surface area contributed by atoms with E-state index in [0.717, 1.165) is 31.0 Å². The van der Waals surface area contributed by atoms with Gasteiger partial charge < -0.3 is 4.74 Å². The van der Waals surface area contributed by atoms with Gasteiger partial charge in [-0.2, -0.15) is 0 Å². The molecule has 0 amide bonds. The van der Waals surface area contributed by atoms with Gasteiger partial charge in [0.05, 0.1) is 7.11 Å². The topological polar surface area (TPSA) is 43.4 Å². The lowest BCUT2D eigenvalue weighted by atomic mass is 10.2. The van der Waals surface area contributed by atoms with Crippen molar-refractivity contribution in [2.24, 2.45) is 0 Å². The quantitative estimate of drug-likeness (QED) is 0.507. The van der Waals surface area contributed by atoms with Crippen molar-refractivity contribution >= 4 is 22.8 Å². The number of methoxy groups -OCH3 is 1. The van der Waals surface area contributed by atoms with Gasteiger partial charge in [-0.1, -0.05) is 31.5 Å². The summed E-state index contributed by atoms with van der Waals surface area (Å²) in [6.45, 7) is 3.78. The van der Waals surface area contributed by atoms with Crippen molar-refractivity contribution in [2.45, 2.75) is 44.8 Å². The molecular formula is C10H18O3S. The van der Waals surface area contributed by atoms with Crippen LogP contribution in [0.2, 0.25) is 0 Å². The van der Waals surface area contributed by atoms with Crippen LogP contribution in [0.1, 0.15) is 39.5 Å². The van der Waals surface area contributed by atoms with E-state index in [0.29, 0.717) is 6.42 Å². The van der Waals surface area contributed by atoms with Crippen LogP contribution in [-0.4, -0.2) is 23.4 Å². The van der Waals surface area contributed by atoms with Crippen molar-refractivity contribution < 1.29 is 14.3 Å². The molecule has 3 nitrogen and oxygen atoms in total. The van der Waals surface area contributed by atoms with Crippen LogP contribution >= 0.6 is 11.8 Å². The van der Waals surface area contributed by atoms with Gasteiger partial charge in [-0.05, 0) is 13.3 Å². The zero-order chi connectivity index (χ0) is 11.0. The number of thioether (sulfide) groups is 1. The molecule has 0 bridgehead atoms. The number of unbranched alkanes of at least 4 members (excludes halogenated alkanes) is 2. The molecule has 0 N–H and O–H groups in total. The van der Waals surface area contributed by atoms with E-state index in [1.807, 2.05) is 0 Å². The lowest BCUT2D eigenvalue weighted by Crippen LogP contribution is -2.16. The van der Waals surface area contributed by atoms with Crippen molar-refractivity contribution in [1.82, 2.24) is 0 Å². The first-order valence-electron chi connectivity index (χ1n) is 4.89. The number of rotatable bonds is 6. The summed E-state index contributed by atoms with van der Waals surface area (Å²) in [6.07, 6.45) is 3.64. The van der Waals surface area contributed by atoms with Crippen LogP contribution < -0.4 is 0 Å². The van der Waals surface area contributed by atoms with Crippen LogP contribution in [-0.2, 0) is 14.3 Å². The van der Waals surface area contributed by atoms with Crippen molar-refractivity contribution in [1.29, 1.82) is 0 Å². The highest BCUT2D eigenvalue weighted by Gasteiger charge is 2.17. The molecule has 0 rings (SSSR count). The standard InChI is InChI=1S/C10H18O3S/c1-4-5-6-7-9(11)14-8(2)10(12)13-3/h8H,4-7H2,1-3H3. The summed E-state index contributed by atoms with van der Waals surface area (Å²) in [5.74, 6) is -0.334. The summed E-state index contributed by atoms with van der Waals surface area (Å²) in [6, 6.07) is 0. The minimum absolute atomic E-state index is 0.0800. The van der Waals surface area contributed by atoms with E-state index < -0.39 is 0 Å². The molecule has 0 fully saturated rings. The van der Waals surface area contributed by atoms with Gasteiger partial charge in [0, 0.05) is 6.42 Å². The minimum atomic E-state index is -0.380. The maximum atomic E-state index is 11.3. The van der Waals surface area contributed by atoms with Crippen LogP contribution in [0, 0.1) is 0 Å².